The van der Waals surface area contributed by atoms with Gasteiger partial charge in [0.05, 0.1) is 0 Å². The van der Waals surface area contributed by atoms with Crippen LogP contribution in [0.4, 0.5) is 4.79 Å². The Kier molecular flexibility index (Phi) is 8.77. The van der Waals surface area contributed by atoms with E-state index in [4.69, 9.17) is 9.90 Å². The van der Waals surface area contributed by atoms with E-state index in [1.807, 2.05) is 36.4 Å². The highest BCUT2D eigenvalue weighted by atomic mass is 16.4. The summed E-state index contributed by atoms with van der Waals surface area (Å²) in [7, 11) is 0. The molecule has 6 N–H and O–H groups in total. The van der Waals surface area contributed by atoms with Crippen molar-refractivity contribution in [3.8, 4) is 0 Å². The molecule has 1 aromatic carbocycles. The average Bonchev–Trinajstić information content (AvgIpc) is 2.05. The van der Waals surface area contributed by atoms with Crippen LogP contribution in [-0.2, 0) is 0 Å². The van der Waals surface area contributed by atoms with E-state index in [-0.39, 0.29) is 6.15 Å². The van der Waals surface area contributed by atoms with Crippen molar-refractivity contribution in [3.05, 3.63) is 42.5 Å². The summed E-state index contributed by atoms with van der Waals surface area (Å²) < 4.78 is 0. The molecule has 0 aliphatic heterocycles. The lowest BCUT2D eigenvalue weighted by Crippen LogP contribution is -2.03. The van der Waals surface area contributed by atoms with Crippen LogP contribution in [0.1, 0.15) is 5.56 Å². The summed E-state index contributed by atoms with van der Waals surface area (Å²) in [6.45, 7) is 3.63. The molecule has 0 aromatic heterocycles. The van der Waals surface area contributed by atoms with Gasteiger partial charge < -0.3 is 17.0 Å². The molecule has 0 spiro atoms. The van der Waals surface area contributed by atoms with Gasteiger partial charge in [0.1, 0.15) is 0 Å². The Morgan fingerprint density at radius 1 is 1.38 bits per heavy atom. The van der Waals surface area contributed by atoms with E-state index in [1.54, 1.807) is 0 Å². The SMILES string of the molecule is C=Cc1ccccc1.N.NC(=O)O. The molecular formula is C9H14N2O2. The van der Waals surface area contributed by atoms with Crippen LogP contribution in [0.3, 0.4) is 0 Å². The number of hydrogen-bond donors (Lipinski definition) is 3. The van der Waals surface area contributed by atoms with Gasteiger partial charge in [-0.1, -0.05) is 43.0 Å². The summed E-state index contributed by atoms with van der Waals surface area (Å²) in [5.41, 5.74) is 5.20. The second kappa shape index (κ2) is 8.29. The zero-order valence-corrected chi connectivity index (χ0v) is 7.31. The first kappa shape index (κ1) is 13.8. The molecule has 0 saturated carbocycles. The van der Waals surface area contributed by atoms with Gasteiger partial charge in [0.15, 0.2) is 0 Å². The molecule has 0 bridgehead atoms. The predicted molar refractivity (Wildman–Crippen MR) is 53.8 cm³/mol. The van der Waals surface area contributed by atoms with Crippen molar-refractivity contribution in [2.45, 2.75) is 0 Å². The molecule has 0 fully saturated rings. The van der Waals surface area contributed by atoms with E-state index < -0.39 is 6.09 Å². The Bertz CT molecular complexity index is 243. The van der Waals surface area contributed by atoms with Crippen LogP contribution in [0, 0.1) is 0 Å². The van der Waals surface area contributed by atoms with Gasteiger partial charge in [0.2, 0.25) is 0 Å². The fourth-order valence-corrected chi connectivity index (χ4v) is 0.589. The molecule has 1 amide bonds. The third-order valence-electron chi connectivity index (χ3n) is 1.04. The molecule has 0 atom stereocenters. The highest BCUT2D eigenvalue weighted by Crippen LogP contribution is 1.97. The van der Waals surface area contributed by atoms with Crippen LogP contribution < -0.4 is 11.9 Å². The van der Waals surface area contributed by atoms with Crippen LogP contribution in [0.5, 0.6) is 0 Å². The monoisotopic (exact) mass is 182 g/mol. The lowest BCUT2D eigenvalue weighted by molar-refractivity contribution is 0.205. The molecule has 4 nitrogen and oxygen atoms in total. The molecule has 0 unspecified atom stereocenters. The molecule has 1 rings (SSSR count). The van der Waals surface area contributed by atoms with Crippen LogP contribution in [0.25, 0.3) is 6.08 Å². The van der Waals surface area contributed by atoms with Gasteiger partial charge in [-0.2, -0.15) is 0 Å². The van der Waals surface area contributed by atoms with E-state index in [0.29, 0.717) is 0 Å². The summed E-state index contributed by atoms with van der Waals surface area (Å²) in [5.74, 6) is 0. The van der Waals surface area contributed by atoms with Crippen molar-refractivity contribution in [2.24, 2.45) is 5.73 Å². The molecule has 1 aromatic rings. The Hall–Kier alpha value is -1.81. The number of carbonyl (C=O) groups is 1. The maximum atomic E-state index is 8.78. The molecular weight excluding hydrogens is 168 g/mol. The Morgan fingerprint density at radius 3 is 2.00 bits per heavy atom. The summed E-state index contributed by atoms with van der Waals surface area (Å²) in [4.78, 5) is 8.78. The van der Waals surface area contributed by atoms with E-state index in [2.05, 4.69) is 12.3 Å². The number of primary amides is 1. The number of amides is 1. The van der Waals surface area contributed by atoms with Crippen molar-refractivity contribution in [1.29, 1.82) is 0 Å². The summed E-state index contributed by atoms with van der Waals surface area (Å²) in [5, 5.41) is 7.19. The van der Waals surface area contributed by atoms with Crippen molar-refractivity contribution in [2.75, 3.05) is 0 Å². The Morgan fingerprint density at radius 2 is 1.77 bits per heavy atom. The first-order valence-corrected chi connectivity index (χ1v) is 3.32. The Balaban J connectivity index is 0. The topological polar surface area (TPSA) is 98.3 Å². The number of carboxylic acid groups (broad SMARTS) is 1. The highest BCUT2D eigenvalue weighted by Gasteiger charge is 1.75. The van der Waals surface area contributed by atoms with Gasteiger partial charge in [0.25, 0.3) is 0 Å². The third kappa shape index (κ3) is 10.2. The first-order chi connectivity index (χ1) is 5.66. The van der Waals surface area contributed by atoms with Gasteiger partial charge in [0, 0.05) is 0 Å². The highest BCUT2D eigenvalue weighted by molar-refractivity contribution is 5.61. The minimum atomic E-state index is -1.33. The first-order valence-electron chi connectivity index (χ1n) is 3.32. The van der Waals surface area contributed by atoms with E-state index in [9.17, 15) is 0 Å². The number of hydrogen-bond acceptors (Lipinski definition) is 2. The quantitative estimate of drug-likeness (QED) is 0.620. The summed E-state index contributed by atoms with van der Waals surface area (Å²) >= 11 is 0. The van der Waals surface area contributed by atoms with Gasteiger partial charge in [-0.05, 0) is 5.56 Å². The molecule has 0 heterocycles. The van der Waals surface area contributed by atoms with E-state index in [1.165, 1.54) is 5.56 Å². The van der Waals surface area contributed by atoms with Gasteiger partial charge in [-0.3, -0.25) is 0 Å². The maximum absolute atomic E-state index is 8.78. The summed E-state index contributed by atoms with van der Waals surface area (Å²) in [6.07, 6.45) is 0.500. The second-order valence-electron chi connectivity index (χ2n) is 1.95. The maximum Gasteiger partial charge on any atom is 0.402 e. The zero-order valence-electron chi connectivity index (χ0n) is 7.31. The lowest BCUT2D eigenvalue weighted by Gasteiger charge is -1.85. The van der Waals surface area contributed by atoms with E-state index >= 15 is 0 Å². The average molecular weight is 182 g/mol. The normalized spacial score (nSPS) is 7.08. The van der Waals surface area contributed by atoms with Crippen molar-refractivity contribution in [3.63, 3.8) is 0 Å². The molecule has 0 saturated heterocycles. The predicted octanol–water partition coefficient (Wildman–Crippen LogP) is 2.11. The third-order valence-corrected chi connectivity index (χ3v) is 1.04. The largest absolute Gasteiger partial charge is 0.465 e. The van der Waals surface area contributed by atoms with Crippen molar-refractivity contribution < 1.29 is 9.90 Å². The van der Waals surface area contributed by atoms with Crippen LogP contribution >= 0.6 is 0 Å². The molecule has 72 valence electrons. The number of nitrogens with two attached hydrogens (primary N) is 1. The minimum absolute atomic E-state index is 0. The van der Waals surface area contributed by atoms with Gasteiger partial charge in [-0.25, -0.2) is 4.79 Å². The molecule has 4 heteroatoms. The number of benzene rings is 1. The van der Waals surface area contributed by atoms with Crippen LogP contribution in [0.15, 0.2) is 36.9 Å². The molecule has 0 radical (unpaired) electrons. The van der Waals surface area contributed by atoms with Crippen LogP contribution in [0.2, 0.25) is 0 Å². The Labute approximate surface area is 77.3 Å². The van der Waals surface area contributed by atoms with Gasteiger partial charge in [-0.15, -0.1) is 0 Å². The zero-order chi connectivity index (χ0) is 9.40. The minimum Gasteiger partial charge on any atom is -0.465 e. The number of rotatable bonds is 1. The smallest absolute Gasteiger partial charge is 0.402 e. The lowest BCUT2D eigenvalue weighted by atomic mass is 10.2. The summed E-state index contributed by atoms with van der Waals surface area (Å²) in [6, 6.07) is 10.0. The van der Waals surface area contributed by atoms with E-state index in [0.717, 1.165) is 0 Å². The molecule has 13 heavy (non-hydrogen) atoms. The fourth-order valence-electron chi connectivity index (χ4n) is 0.589. The van der Waals surface area contributed by atoms with Crippen LogP contribution in [-0.4, -0.2) is 11.2 Å². The fraction of sp³-hybridized carbons (Fsp3) is 0. The molecule has 0 aliphatic carbocycles. The van der Waals surface area contributed by atoms with Gasteiger partial charge >= 0.3 is 6.09 Å². The van der Waals surface area contributed by atoms with Crippen molar-refractivity contribution >= 4 is 12.2 Å². The second-order valence-corrected chi connectivity index (χ2v) is 1.95. The molecule has 0 aliphatic rings. The van der Waals surface area contributed by atoms with Crippen molar-refractivity contribution in [1.82, 2.24) is 6.15 Å². The standard InChI is InChI=1S/C8H8.CH3NO2.H3N/c1-2-8-6-4-3-5-7-8;2-1(3)4;/h2-7H,1H2;2H2,(H,3,4);1H3.